The lowest BCUT2D eigenvalue weighted by Crippen LogP contribution is -2.37. The van der Waals surface area contributed by atoms with E-state index >= 15 is 0 Å². The Bertz CT molecular complexity index is 278. The van der Waals surface area contributed by atoms with Crippen molar-refractivity contribution in [2.45, 2.75) is 25.5 Å². The summed E-state index contributed by atoms with van der Waals surface area (Å²) in [5.41, 5.74) is 0.974. The van der Waals surface area contributed by atoms with Crippen molar-refractivity contribution in [3.05, 3.63) is 24.3 Å². The summed E-state index contributed by atoms with van der Waals surface area (Å²) in [6.45, 7) is 2.61. The number of aliphatic hydroxyl groups is 1. The third-order valence-corrected chi connectivity index (χ3v) is 2.48. The highest BCUT2D eigenvalue weighted by Crippen LogP contribution is 2.11. The molecular weight excluding hydrogens is 178 g/mol. The number of hydrogen-bond donors (Lipinski definition) is 1. The normalized spacial score (nSPS) is 23.6. The summed E-state index contributed by atoms with van der Waals surface area (Å²) in [6, 6.07) is 0. The van der Waals surface area contributed by atoms with E-state index in [4.69, 9.17) is 0 Å². The summed E-state index contributed by atoms with van der Waals surface area (Å²) in [4.78, 5) is 10.5. The fourth-order valence-electron chi connectivity index (χ4n) is 1.82. The average Bonchev–Trinajstić information content (AvgIpc) is 2.19. The molecule has 2 heterocycles. The second-order valence-electron chi connectivity index (χ2n) is 3.73. The Morgan fingerprint density at radius 1 is 1.50 bits per heavy atom. The van der Waals surface area contributed by atoms with E-state index in [1.807, 2.05) is 0 Å². The van der Waals surface area contributed by atoms with Gasteiger partial charge in [0.05, 0.1) is 11.8 Å². The van der Waals surface area contributed by atoms with Crippen LogP contribution >= 0.6 is 0 Å². The van der Waals surface area contributed by atoms with Crippen LogP contribution in [0.4, 0.5) is 0 Å². The van der Waals surface area contributed by atoms with Gasteiger partial charge in [-0.15, -0.1) is 0 Å². The lowest BCUT2D eigenvalue weighted by atomic mass is 10.1. The van der Waals surface area contributed by atoms with Crippen LogP contribution in [0.3, 0.4) is 0 Å². The van der Waals surface area contributed by atoms with E-state index in [9.17, 15) is 5.11 Å². The molecule has 0 amide bonds. The number of likely N-dealkylation sites (tertiary alicyclic amines) is 1. The zero-order valence-corrected chi connectivity index (χ0v) is 8.13. The Morgan fingerprint density at radius 2 is 2.43 bits per heavy atom. The van der Waals surface area contributed by atoms with E-state index in [0.717, 1.165) is 38.2 Å². The second kappa shape index (κ2) is 4.48. The molecule has 0 aliphatic carbocycles. The largest absolute Gasteiger partial charge is 0.392 e. The predicted octanol–water partition coefficient (Wildman–Crippen LogP) is 0.433. The zero-order chi connectivity index (χ0) is 9.80. The first-order valence-corrected chi connectivity index (χ1v) is 5.00. The highest BCUT2D eigenvalue weighted by Gasteiger charge is 2.17. The summed E-state index contributed by atoms with van der Waals surface area (Å²) in [5.74, 6) is 0. The lowest BCUT2D eigenvalue weighted by Gasteiger charge is -2.29. The SMILES string of the molecule is OC1CCCN(Cc2cnccn2)C1. The molecule has 0 spiro atoms. The van der Waals surface area contributed by atoms with Crippen LogP contribution in [0.25, 0.3) is 0 Å². The molecule has 1 fully saturated rings. The number of piperidine rings is 1. The van der Waals surface area contributed by atoms with Crippen LogP contribution in [-0.4, -0.2) is 39.2 Å². The molecule has 0 aromatic carbocycles. The molecule has 0 bridgehead atoms. The molecule has 14 heavy (non-hydrogen) atoms. The molecule has 1 aliphatic rings. The van der Waals surface area contributed by atoms with Crippen LogP contribution < -0.4 is 0 Å². The van der Waals surface area contributed by atoms with Crippen molar-refractivity contribution in [1.82, 2.24) is 14.9 Å². The summed E-state index contributed by atoms with van der Waals surface area (Å²) < 4.78 is 0. The fourth-order valence-corrected chi connectivity index (χ4v) is 1.82. The van der Waals surface area contributed by atoms with Crippen molar-refractivity contribution in [3.8, 4) is 0 Å². The van der Waals surface area contributed by atoms with Gasteiger partial charge in [0, 0.05) is 31.7 Å². The molecule has 2 rings (SSSR count). The van der Waals surface area contributed by atoms with Crippen LogP contribution in [-0.2, 0) is 6.54 Å². The van der Waals surface area contributed by atoms with Crippen molar-refractivity contribution < 1.29 is 5.11 Å². The molecule has 1 atom stereocenters. The molecule has 0 radical (unpaired) electrons. The number of rotatable bonds is 2. The molecular formula is C10H15N3O. The van der Waals surface area contributed by atoms with Crippen LogP contribution in [0, 0.1) is 0 Å². The van der Waals surface area contributed by atoms with E-state index in [1.54, 1.807) is 18.6 Å². The third-order valence-electron chi connectivity index (χ3n) is 2.48. The third kappa shape index (κ3) is 2.49. The van der Waals surface area contributed by atoms with Gasteiger partial charge in [-0.1, -0.05) is 0 Å². The Hall–Kier alpha value is -1.00. The number of aromatic nitrogens is 2. The smallest absolute Gasteiger partial charge is 0.0726 e. The maximum Gasteiger partial charge on any atom is 0.0726 e. The predicted molar refractivity (Wildman–Crippen MR) is 52.5 cm³/mol. The lowest BCUT2D eigenvalue weighted by molar-refractivity contribution is 0.0661. The Morgan fingerprint density at radius 3 is 3.14 bits per heavy atom. The molecule has 1 aromatic rings. The molecule has 4 nitrogen and oxygen atoms in total. The first-order chi connectivity index (χ1) is 6.84. The average molecular weight is 193 g/mol. The number of aliphatic hydroxyl groups excluding tert-OH is 1. The van der Waals surface area contributed by atoms with Gasteiger partial charge in [0.1, 0.15) is 0 Å². The molecule has 0 saturated carbocycles. The molecule has 1 unspecified atom stereocenters. The van der Waals surface area contributed by atoms with E-state index < -0.39 is 0 Å². The van der Waals surface area contributed by atoms with Crippen molar-refractivity contribution in [1.29, 1.82) is 0 Å². The number of nitrogens with zero attached hydrogens (tertiary/aromatic N) is 3. The Labute approximate surface area is 83.6 Å². The topological polar surface area (TPSA) is 49.2 Å². The van der Waals surface area contributed by atoms with Gasteiger partial charge < -0.3 is 5.11 Å². The fraction of sp³-hybridized carbons (Fsp3) is 0.600. The molecule has 1 aliphatic heterocycles. The van der Waals surface area contributed by atoms with Gasteiger partial charge in [0.25, 0.3) is 0 Å². The maximum absolute atomic E-state index is 9.48. The molecule has 4 heteroatoms. The van der Waals surface area contributed by atoms with E-state index in [-0.39, 0.29) is 6.10 Å². The van der Waals surface area contributed by atoms with Crippen molar-refractivity contribution in [2.75, 3.05) is 13.1 Å². The van der Waals surface area contributed by atoms with Gasteiger partial charge in [-0.3, -0.25) is 14.9 Å². The van der Waals surface area contributed by atoms with Gasteiger partial charge in [-0.05, 0) is 19.4 Å². The standard InChI is InChI=1S/C10H15N3O/c14-10-2-1-5-13(8-10)7-9-6-11-3-4-12-9/h3-4,6,10,14H,1-2,5,7-8H2. The zero-order valence-electron chi connectivity index (χ0n) is 8.13. The van der Waals surface area contributed by atoms with Gasteiger partial charge in [-0.25, -0.2) is 0 Å². The van der Waals surface area contributed by atoms with Gasteiger partial charge in [0.15, 0.2) is 0 Å². The first-order valence-electron chi connectivity index (χ1n) is 5.00. The van der Waals surface area contributed by atoms with Gasteiger partial charge in [0.2, 0.25) is 0 Å². The van der Waals surface area contributed by atoms with Crippen LogP contribution in [0.5, 0.6) is 0 Å². The van der Waals surface area contributed by atoms with Crippen molar-refractivity contribution >= 4 is 0 Å². The summed E-state index contributed by atoms with van der Waals surface area (Å²) in [7, 11) is 0. The Balaban J connectivity index is 1.91. The van der Waals surface area contributed by atoms with E-state index in [2.05, 4.69) is 14.9 Å². The van der Waals surface area contributed by atoms with Crippen molar-refractivity contribution in [3.63, 3.8) is 0 Å². The van der Waals surface area contributed by atoms with Gasteiger partial charge in [-0.2, -0.15) is 0 Å². The molecule has 1 saturated heterocycles. The molecule has 1 aromatic heterocycles. The number of hydrogen-bond acceptors (Lipinski definition) is 4. The summed E-state index contributed by atoms with van der Waals surface area (Å²) >= 11 is 0. The van der Waals surface area contributed by atoms with Crippen LogP contribution in [0.2, 0.25) is 0 Å². The molecule has 76 valence electrons. The highest BCUT2D eigenvalue weighted by atomic mass is 16.3. The highest BCUT2D eigenvalue weighted by molar-refractivity contribution is 4.94. The second-order valence-corrected chi connectivity index (χ2v) is 3.73. The van der Waals surface area contributed by atoms with Gasteiger partial charge >= 0.3 is 0 Å². The Kier molecular flexibility index (Phi) is 3.06. The summed E-state index contributed by atoms with van der Waals surface area (Å²) in [6.07, 6.45) is 6.99. The van der Waals surface area contributed by atoms with E-state index in [0.29, 0.717) is 0 Å². The van der Waals surface area contributed by atoms with Crippen molar-refractivity contribution in [2.24, 2.45) is 0 Å². The minimum Gasteiger partial charge on any atom is -0.392 e. The minimum absolute atomic E-state index is 0.166. The number of β-amino-alcohol motifs (C(OH)–C–C–N with tert-alkyl or cyclic N) is 1. The molecule has 1 N–H and O–H groups in total. The summed E-state index contributed by atoms with van der Waals surface area (Å²) in [5, 5.41) is 9.48. The van der Waals surface area contributed by atoms with E-state index in [1.165, 1.54) is 0 Å². The first kappa shape index (κ1) is 9.55. The quantitative estimate of drug-likeness (QED) is 0.740. The minimum atomic E-state index is -0.166. The maximum atomic E-state index is 9.48. The van der Waals surface area contributed by atoms with Crippen LogP contribution in [0.1, 0.15) is 18.5 Å². The monoisotopic (exact) mass is 193 g/mol. The van der Waals surface area contributed by atoms with Crippen LogP contribution in [0.15, 0.2) is 18.6 Å².